The summed E-state index contributed by atoms with van der Waals surface area (Å²) in [6.07, 6.45) is 3.58. The number of aryl methyl sites for hydroxylation is 1. The molecule has 128 valence electrons. The van der Waals surface area contributed by atoms with Gasteiger partial charge in [0.1, 0.15) is 5.75 Å². The van der Waals surface area contributed by atoms with Crippen LogP contribution in [0.1, 0.15) is 25.3 Å². The van der Waals surface area contributed by atoms with Crippen molar-refractivity contribution in [2.24, 2.45) is 0 Å². The zero-order valence-corrected chi connectivity index (χ0v) is 14.9. The molecule has 0 spiro atoms. The zero-order valence-electron chi connectivity index (χ0n) is 14.9. The molecule has 0 bridgehead atoms. The lowest BCUT2D eigenvalue weighted by atomic mass is 10.0. The molecule has 0 saturated carbocycles. The first kappa shape index (κ1) is 16.6. The molecule has 0 atom stereocenters. The fraction of sp³-hybridized carbons (Fsp3) is 0.684. The van der Waals surface area contributed by atoms with E-state index in [4.69, 9.17) is 4.74 Å². The van der Waals surface area contributed by atoms with Crippen LogP contribution in [-0.2, 0) is 6.42 Å². The number of piperidine rings is 1. The van der Waals surface area contributed by atoms with Crippen molar-refractivity contribution in [1.29, 1.82) is 0 Å². The summed E-state index contributed by atoms with van der Waals surface area (Å²) in [4.78, 5) is 7.67. The van der Waals surface area contributed by atoms with Gasteiger partial charge in [-0.25, -0.2) is 0 Å². The maximum Gasteiger partial charge on any atom is 0.124 e. The van der Waals surface area contributed by atoms with Crippen molar-refractivity contribution in [3.8, 4) is 5.75 Å². The van der Waals surface area contributed by atoms with E-state index in [1.807, 2.05) is 0 Å². The first-order chi connectivity index (χ1) is 11.2. The minimum Gasteiger partial charge on any atom is -0.496 e. The van der Waals surface area contributed by atoms with Crippen molar-refractivity contribution in [1.82, 2.24) is 9.80 Å². The minimum atomic E-state index is 0.775. The van der Waals surface area contributed by atoms with Gasteiger partial charge in [-0.3, -0.25) is 4.90 Å². The third-order valence-electron chi connectivity index (χ3n) is 5.54. The molecule has 2 saturated heterocycles. The van der Waals surface area contributed by atoms with Crippen LogP contribution < -0.4 is 9.64 Å². The fourth-order valence-electron chi connectivity index (χ4n) is 3.90. The number of hydrogen-bond donors (Lipinski definition) is 0. The van der Waals surface area contributed by atoms with Gasteiger partial charge in [0.25, 0.3) is 0 Å². The summed E-state index contributed by atoms with van der Waals surface area (Å²) in [5.41, 5.74) is 2.61. The lowest BCUT2D eigenvalue weighted by Gasteiger charge is -2.42. The highest BCUT2D eigenvalue weighted by Crippen LogP contribution is 2.29. The number of nitrogens with zero attached hydrogens (tertiary/aromatic N) is 3. The van der Waals surface area contributed by atoms with Gasteiger partial charge in [0.05, 0.1) is 7.11 Å². The Balaban J connectivity index is 1.58. The number of hydrogen-bond acceptors (Lipinski definition) is 4. The van der Waals surface area contributed by atoms with Crippen LogP contribution in [0.3, 0.4) is 0 Å². The highest BCUT2D eigenvalue weighted by Gasteiger charge is 2.26. The molecule has 1 aromatic rings. The van der Waals surface area contributed by atoms with Gasteiger partial charge in [0.15, 0.2) is 0 Å². The third kappa shape index (κ3) is 3.81. The van der Waals surface area contributed by atoms with E-state index in [0.29, 0.717) is 0 Å². The Kier molecular flexibility index (Phi) is 5.44. The number of ether oxygens (including phenoxy) is 1. The third-order valence-corrected chi connectivity index (χ3v) is 5.54. The summed E-state index contributed by atoms with van der Waals surface area (Å²) >= 11 is 0. The molecule has 2 heterocycles. The van der Waals surface area contributed by atoms with E-state index in [1.165, 1.54) is 50.3 Å². The average Bonchev–Trinajstić information content (AvgIpc) is 2.62. The normalized spacial score (nSPS) is 21.6. The van der Waals surface area contributed by atoms with E-state index in [0.717, 1.165) is 31.3 Å². The predicted molar refractivity (Wildman–Crippen MR) is 96.7 cm³/mol. The van der Waals surface area contributed by atoms with Crippen LogP contribution in [0.15, 0.2) is 18.2 Å². The van der Waals surface area contributed by atoms with Crippen molar-refractivity contribution in [2.75, 3.05) is 58.3 Å². The maximum atomic E-state index is 5.55. The van der Waals surface area contributed by atoms with E-state index < -0.39 is 0 Å². The Bertz CT molecular complexity index is 503. The number of benzene rings is 1. The van der Waals surface area contributed by atoms with Crippen LogP contribution in [0.5, 0.6) is 5.75 Å². The van der Waals surface area contributed by atoms with Gasteiger partial charge in [0.2, 0.25) is 0 Å². The molecule has 0 radical (unpaired) electrons. The van der Waals surface area contributed by atoms with Gasteiger partial charge in [0, 0.05) is 57.1 Å². The van der Waals surface area contributed by atoms with Crippen LogP contribution in [0.4, 0.5) is 5.69 Å². The van der Waals surface area contributed by atoms with Gasteiger partial charge in [-0.15, -0.1) is 0 Å². The molecule has 0 unspecified atom stereocenters. The molecule has 23 heavy (non-hydrogen) atoms. The number of likely N-dealkylation sites (N-methyl/N-ethyl adjacent to an activating group) is 1. The summed E-state index contributed by atoms with van der Waals surface area (Å²) < 4.78 is 5.55. The number of methoxy groups -OCH3 is 1. The van der Waals surface area contributed by atoms with E-state index >= 15 is 0 Å². The van der Waals surface area contributed by atoms with E-state index in [2.05, 4.69) is 46.9 Å². The molecular formula is C19H31N3O. The van der Waals surface area contributed by atoms with Crippen molar-refractivity contribution in [3.05, 3.63) is 23.8 Å². The van der Waals surface area contributed by atoms with Crippen LogP contribution in [0.2, 0.25) is 0 Å². The maximum absolute atomic E-state index is 5.55. The first-order valence-electron chi connectivity index (χ1n) is 9.05. The summed E-state index contributed by atoms with van der Waals surface area (Å²) in [6.45, 7) is 9.41. The lowest BCUT2D eigenvalue weighted by molar-refractivity contribution is 0.0982. The molecular weight excluding hydrogens is 286 g/mol. The molecule has 0 amide bonds. The van der Waals surface area contributed by atoms with Gasteiger partial charge < -0.3 is 14.5 Å². The Morgan fingerprint density at radius 3 is 2.35 bits per heavy atom. The summed E-state index contributed by atoms with van der Waals surface area (Å²) in [5.74, 6) is 1.03. The van der Waals surface area contributed by atoms with E-state index in [9.17, 15) is 0 Å². The second kappa shape index (κ2) is 7.54. The molecule has 0 aliphatic carbocycles. The molecule has 3 rings (SSSR count). The van der Waals surface area contributed by atoms with Gasteiger partial charge in [-0.1, -0.05) is 13.0 Å². The molecule has 2 aliphatic heterocycles. The van der Waals surface area contributed by atoms with E-state index in [-0.39, 0.29) is 0 Å². The minimum absolute atomic E-state index is 0.775. The van der Waals surface area contributed by atoms with Crippen molar-refractivity contribution >= 4 is 5.69 Å². The lowest BCUT2D eigenvalue weighted by Crippen LogP contribution is -2.52. The first-order valence-corrected chi connectivity index (χ1v) is 9.05. The quantitative estimate of drug-likeness (QED) is 0.849. The van der Waals surface area contributed by atoms with Crippen molar-refractivity contribution in [3.63, 3.8) is 0 Å². The highest BCUT2D eigenvalue weighted by molar-refractivity contribution is 5.54. The van der Waals surface area contributed by atoms with E-state index in [1.54, 1.807) is 7.11 Å². The molecule has 4 heteroatoms. The monoisotopic (exact) mass is 317 g/mol. The fourth-order valence-corrected chi connectivity index (χ4v) is 3.90. The smallest absolute Gasteiger partial charge is 0.124 e. The van der Waals surface area contributed by atoms with Crippen molar-refractivity contribution < 1.29 is 4.74 Å². The topological polar surface area (TPSA) is 19.0 Å². The molecule has 2 aliphatic rings. The highest BCUT2D eigenvalue weighted by atomic mass is 16.5. The standard InChI is InChI=1S/C19H31N3O/c1-4-16-5-6-18(15-19(16)23-3)21-9-7-17(8-10-21)22-13-11-20(2)12-14-22/h5-6,15,17H,4,7-14H2,1-3H3. The molecule has 0 N–H and O–H groups in total. The number of piperazine rings is 1. The Hall–Kier alpha value is -1.26. The molecule has 2 fully saturated rings. The SMILES string of the molecule is CCc1ccc(N2CCC(N3CCN(C)CC3)CC2)cc1OC. The van der Waals surface area contributed by atoms with Gasteiger partial charge in [-0.2, -0.15) is 0 Å². The summed E-state index contributed by atoms with van der Waals surface area (Å²) in [6, 6.07) is 7.48. The number of anilines is 1. The number of rotatable bonds is 4. The second-order valence-corrected chi connectivity index (χ2v) is 6.91. The Labute approximate surface area is 141 Å². The largest absolute Gasteiger partial charge is 0.496 e. The average molecular weight is 317 g/mol. The van der Waals surface area contributed by atoms with Gasteiger partial charge >= 0.3 is 0 Å². The summed E-state index contributed by atoms with van der Waals surface area (Å²) in [5, 5.41) is 0. The van der Waals surface area contributed by atoms with Crippen LogP contribution in [0.25, 0.3) is 0 Å². The van der Waals surface area contributed by atoms with Crippen LogP contribution in [0, 0.1) is 0 Å². The zero-order chi connectivity index (χ0) is 16.2. The van der Waals surface area contributed by atoms with Crippen LogP contribution >= 0.6 is 0 Å². The summed E-state index contributed by atoms with van der Waals surface area (Å²) in [7, 11) is 4.01. The second-order valence-electron chi connectivity index (χ2n) is 6.91. The molecule has 1 aromatic carbocycles. The van der Waals surface area contributed by atoms with Gasteiger partial charge in [-0.05, 0) is 37.9 Å². The van der Waals surface area contributed by atoms with Crippen LogP contribution in [-0.4, -0.2) is 69.3 Å². The predicted octanol–water partition coefficient (Wildman–Crippen LogP) is 2.47. The molecule has 0 aromatic heterocycles. The molecule has 4 nitrogen and oxygen atoms in total. The Morgan fingerprint density at radius 2 is 1.74 bits per heavy atom. The Morgan fingerprint density at radius 1 is 1.04 bits per heavy atom. The van der Waals surface area contributed by atoms with Crippen molar-refractivity contribution in [2.45, 2.75) is 32.2 Å².